The Morgan fingerprint density at radius 3 is 2.94 bits per heavy atom. The molecule has 16 heavy (non-hydrogen) atoms. The molecule has 0 aliphatic heterocycles. The van der Waals surface area contributed by atoms with Gasteiger partial charge in [0, 0.05) is 18.3 Å². The van der Waals surface area contributed by atoms with E-state index in [0.29, 0.717) is 0 Å². The number of aromatic nitrogens is 4. The topological polar surface area (TPSA) is 63.8 Å². The van der Waals surface area contributed by atoms with Crippen molar-refractivity contribution in [1.29, 1.82) is 0 Å². The summed E-state index contributed by atoms with van der Waals surface area (Å²) in [7, 11) is 0. The second-order valence-electron chi connectivity index (χ2n) is 3.47. The Balaban J connectivity index is 2.27. The molecule has 2 aromatic heterocycles. The van der Waals surface area contributed by atoms with E-state index in [0.717, 1.165) is 29.1 Å². The molecule has 0 aromatic carbocycles. The maximum absolute atomic E-state index is 10.2. The van der Waals surface area contributed by atoms with Crippen LogP contribution in [0.3, 0.4) is 0 Å². The third kappa shape index (κ3) is 1.98. The molecule has 0 amide bonds. The van der Waals surface area contributed by atoms with Crippen molar-refractivity contribution >= 4 is 11.5 Å². The molecule has 0 fully saturated rings. The van der Waals surface area contributed by atoms with E-state index in [4.69, 9.17) is 0 Å². The van der Waals surface area contributed by atoms with E-state index in [-0.39, 0.29) is 0 Å². The van der Waals surface area contributed by atoms with Gasteiger partial charge in [-0.1, -0.05) is 11.4 Å². The monoisotopic (exact) mass is 238 g/mol. The molecule has 0 spiro atoms. The van der Waals surface area contributed by atoms with Crippen molar-refractivity contribution in [2.45, 2.75) is 32.9 Å². The summed E-state index contributed by atoms with van der Waals surface area (Å²) in [5, 5.41) is 18.3. The standard InChI is InChI=1S/C10H14N4OS/c1-3-8-10(16-13-12-8)9(15)7-5-11-14(4-2)6-7/h5-6,9,15H,3-4H2,1-2H3. The highest BCUT2D eigenvalue weighted by Crippen LogP contribution is 2.26. The molecule has 2 rings (SSSR count). The summed E-state index contributed by atoms with van der Waals surface area (Å²) in [6.45, 7) is 4.81. The Morgan fingerprint density at radius 1 is 1.50 bits per heavy atom. The molecule has 2 heterocycles. The van der Waals surface area contributed by atoms with E-state index >= 15 is 0 Å². The number of hydrogen-bond acceptors (Lipinski definition) is 5. The highest BCUT2D eigenvalue weighted by Gasteiger charge is 2.19. The average molecular weight is 238 g/mol. The number of rotatable bonds is 4. The lowest BCUT2D eigenvalue weighted by Gasteiger charge is -2.05. The fraction of sp³-hybridized carbons (Fsp3) is 0.500. The van der Waals surface area contributed by atoms with Crippen LogP contribution in [0.2, 0.25) is 0 Å². The van der Waals surface area contributed by atoms with Gasteiger partial charge in [-0.25, -0.2) is 0 Å². The van der Waals surface area contributed by atoms with Gasteiger partial charge in [-0.2, -0.15) is 5.10 Å². The van der Waals surface area contributed by atoms with Gasteiger partial charge in [0.15, 0.2) is 0 Å². The zero-order chi connectivity index (χ0) is 11.5. The van der Waals surface area contributed by atoms with E-state index in [1.807, 2.05) is 20.0 Å². The molecule has 2 aromatic rings. The summed E-state index contributed by atoms with van der Waals surface area (Å²) in [6, 6.07) is 0. The molecule has 0 aliphatic carbocycles. The van der Waals surface area contributed by atoms with Gasteiger partial charge in [0.1, 0.15) is 6.10 Å². The van der Waals surface area contributed by atoms with Crippen molar-refractivity contribution < 1.29 is 5.11 Å². The van der Waals surface area contributed by atoms with Crippen molar-refractivity contribution in [3.8, 4) is 0 Å². The van der Waals surface area contributed by atoms with Gasteiger partial charge in [0.2, 0.25) is 0 Å². The van der Waals surface area contributed by atoms with Crippen LogP contribution in [0.1, 0.15) is 36.1 Å². The van der Waals surface area contributed by atoms with E-state index in [1.54, 1.807) is 10.9 Å². The molecule has 0 saturated heterocycles. The summed E-state index contributed by atoms with van der Waals surface area (Å²) >= 11 is 1.25. The molecule has 0 radical (unpaired) electrons. The second-order valence-corrected chi connectivity index (χ2v) is 4.26. The third-order valence-electron chi connectivity index (χ3n) is 2.46. The number of aryl methyl sites for hydroxylation is 2. The van der Waals surface area contributed by atoms with E-state index < -0.39 is 6.10 Å². The Kier molecular flexibility index (Phi) is 3.31. The first-order chi connectivity index (χ1) is 7.76. The van der Waals surface area contributed by atoms with Crippen LogP contribution >= 0.6 is 11.5 Å². The summed E-state index contributed by atoms with van der Waals surface area (Å²) in [5.41, 5.74) is 1.66. The minimum absolute atomic E-state index is 0.657. The van der Waals surface area contributed by atoms with Gasteiger partial charge in [0.05, 0.1) is 16.8 Å². The lowest BCUT2D eigenvalue weighted by Crippen LogP contribution is -2.00. The predicted octanol–water partition coefficient (Wildman–Crippen LogP) is 1.40. The van der Waals surface area contributed by atoms with Crippen molar-refractivity contribution in [1.82, 2.24) is 19.4 Å². The van der Waals surface area contributed by atoms with Gasteiger partial charge in [-0.3, -0.25) is 4.68 Å². The molecule has 1 unspecified atom stereocenters. The highest BCUT2D eigenvalue weighted by molar-refractivity contribution is 7.05. The van der Waals surface area contributed by atoms with Crippen LogP contribution in [0.15, 0.2) is 12.4 Å². The first-order valence-corrected chi connectivity index (χ1v) is 6.05. The zero-order valence-electron chi connectivity index (χ0n) is 9.29. The molecule has 1 atom stereocenters. The molecule has 6 heteroatoms. The lowest BCUT2D eigenvalue weighted by molar-refractivity contribution is 0.222. The van der Waals surface area contributed by atoms with Crippen LogP contribution in [0.4, 0.5) is 0 Å². The van der Waals surface area contributed by atoms with Crippen LogP contribution in [0, 0.1) is 0 Å². The molecule has 0 aliphatic rings. The van der Waals surface area contributed by atoms with E-state index in [9.17, 15) is 5.11 Å². The van der Waals surface area contributed by atoms with Crippen molar-refractivity contribution in [2.24, 2.45) is 0 Å². The first kappa shape index (κ1) is 11.2. The second kappa shape index (κ2) is 4.71. The van der Waals surface area contributed by atoms with Crippen LogP contribution in [0.5, 0.6) is 0 Å². The minimum atomic E-state index is -0.657. The Bertz CT molecular complexity index is 465. The quantitative estimate of drug-likeness (QED) is 0.874. The van der Waals surface area contributed by atoms with E-state index in [1.165, 1.54) is 11.5 Å². The molecular formula is C10H14N4OS. The Labute approximate surface area is 97.9 Å². The number of nitrogens with zero attached hydrogens (tertiary/aromatic N) is 4. The van der Waals surface area contributed by atoms with Crippen LogP contribution in [0.25, 0.3) is 0 Å². The first-order valence-electron chi connectivity index (χ1n) is 5.27. The fourth-order valence-electron chi connectivity index (χ4n) is 1.51. The van der Waals surface area contributed by atoms with Gasteiger partial charge >= 0.3 is 0 Å². The average Bonchev–Trinajstić information content (AvgIpc) is 2.96. The van der Waals surface area contributed by atoms with Gasteiger partial charge < -0.3 is 5.11 Å². The summed E-state index contributed by atoms with van der Waals surface area (Å²) in [5.74, 6) is 0. The summed E-state index contributed by atoms with van der Waals surface area (Å²) in [4.78, 5) is 0.818. The van der Waals surface area contributed by atoms with Crippen LogP contribution < -0.4 is 0 Å². The third-order valence-corrected chi connectivity index (χ3v) is 3.28. The number of aliphatic hydroxyl groups is 1. The maximum atomic E-state index is 10.2. The van der Waals surface area contributed by atoms with Crippen LogP contribution in [-0.4, -0.2) is 24.5 Å². The molecule has 5 nitrogen and oxygen atoms in total. The highest BCUT2D eigenvalue weighted by atomic mass is 32.1. The number of aliphatic hydroxyl groups excluding tert-OH is 1. The zero-order valence-corrected chi connectivity index (χ0v) is 10.1. The Hall–Kier alpha value is -1.27. The maximum Gasteiger partial charge on any atom is 0.120 e. The smallest absolute Gasteiger partial charge is 0.120 e. The van der Waals surface area contributed by atoms with Gasteiger partial charge in [-0.05, 0) is 24.9 Å². The van der Waals surface area contributed by atoms with Crippen LogP contribution in [-0.2, 0) is 13.0 Å². The predicted molar refractivity (Wildman–Crippen MR) is 61.2 cm³/mol. The largest absolute Gasteiger partial charge is 0.383 e. The molecule has 86 valence electrons. The van der Waals surface area contributed by atoms with Gasteiger partial charge in [0.25, 0.3) is 0 Å². The Morgan fingerprint density at radius 2 is 2.31 bits per heavy atom. The number of hydrogen-bond donors (Lipinski definition) is 1. The summed E-state index contributed by atoms with van der Waals surface area (Å²) < 4.78 is 5.66. The molecular weight excluding hydrogens is 224 g/mol. The minimum Gasteiger partial charge on any atom is -0.383 e. The molecule has 0 saturated carbocycles. The van der Waals surface area contributed by atoms with Gasteiger partial charge in [-0.15, -0.1) is 5.10 Å². The fourth-order valence-corrected chi connectivity index (χ4v) is 2.27. The molecule has 1 N–H and O–H groups in total. The summed E-state index contributed by atoms with van der Waals surface area (Å²) in [6.07, 6.45) is 3.66. The van der Waals surface area contributed by atoms with Crippen molar-refractivity contribution in [3.63, 3.8) is 0 Å². The lowest BCUT2D eigenvalue weighted by atomic mass is 10.1. The van der Waals surface area contributed by atoms with Crippen molar-refractivity contribution in [2.75, 3.05) is 0 Å². The van der Waals surface area contributed by atoms with E-state index in [2.05, 4.69) is 14.7 Å². The molecule has 0 bridgehead atoms. The van der Waals surface area contributed by atoms with Crippen molar-refractivity contribution in [3.05, 3.63) is 28.5 Å². The normalized spacial score (nSPS) is 12.9. The SMILES string of the molecule is CCc1nnsc1C(O)c1cnn(CC)c1.